The molecular weight excluding hydrogens is 415 g/mol. The maximum absolute atomic E-state index is 14.6. The summed E-state index contributed by atoms with van der Waals surface area (Å²) in [6.45, 7) is 4.09. The molecule has 0 fully saturated rings. The van der Waals surface area contributed by atoms with Crippen LogP contribution in [0.1, 0.15) is 61.5 Å². The van der Waals surface area contributed by atoms with Crippen LogP contribution in [-0.4, -0.2) is 17.9 Å². The van der Waals surface area contributed by atoms with Gasteiger partial charge in [-0.25, -0.2) is 4.39 Å². The van der Waals surface area contributed by atoms with E-state index >= 15 is 0 Å². The zero-order valence-electron chi connectivity index (χ0n) is 19.1. The number of carbonyl (C=O) groups is 2. The molecule has 4 nitrogen and oxygen atoms in total. The molecule has 0 bridgehead atoms. The van der Waals surface area contributed by atoms with Crippen molar-refractivity contribution < 1.29 is 14.0 Å². The largest absolute Gasteiger partial charge is 0.309 e. The number of anilines is 2. The summed E-state index contributed by atoms with van der Waals surface area (Å²) in [5.41, 5.74) is 2.45. The van der Waals surface area contributed by atoms with Crippen LogP contribution in [-0.2, 0) is 4.79 Å². The maximum Gasteiger partial charge on any atom is 0.261 e. The van der Waals surface area contributed by atoms with E-state index in [-0.39, 0.29) is 23.6 Å². The van der Waals surface area contributed by atoms with E-state index in [9.17, 15) is 14.0 Å². The lowest BCUT2D eigenvalue weighted by Gasteiger charge is -2.43. The van der Waals surface area contributed by atoms with Gasteiger partial charge in [-0.2, -0.15) is 0 Å². The summed E-state index contributed by atoms with van der Waals surface area (Å²) in [4.78, 5) is 30.4. The number of unbranched alkanes of at least 4 members (excludes halogenated alkanes) is 1. The lowest BCUT2D eigenvalue weighted by Crippen LogP contribution is -2.47. The third kappa shape index (κ3) is 4.54. The van der Waals surface area contributed by atoms with Gasteiger partial charge >= 0.3 is 0 Å². The number of halogens is 1. The second-order valence-corrected chi connectivity index (χ2v) is 8.52. The molecule has 0 N–H and O–H groups in total. The molecule has 1 heterocycles. The van der Waals surface area contributed by atoms with Crippen LogP contribution in [0.4, 0.5) is 15.8 Å². The van der Waals surface area contributed by atoms with Crippen molar-refractivity contribution in [3.8, 4) is 0 Å². The van der Waals surface area contributed by atoms with Gasteiger partial charge in [0.25, 0.3) is 5.91 Å². The molecule has 33 heavy (non-hydrogen) atoms. The number of carbonyl (C=O) groups excluding carboxylic acids is 2. The van der Waals surface area contributed by atoms with Gasteiger partial charge in [-0.05, 0) is 55.7 Å². The quantitative estimate of drug-likeness (QED) is 0.434. The Morgan fingerprint density at radius 1 is 0.970 bits per heavy atom. The fourth-order valence-electron chi connectivity index (χ4n) is 4.65. The minimum atomic E-state index is -0.544. The molecule has 0 saturated carbocycles. The molecule has 3 aromatic rings. The molecule has 0 unspecified atom stereocenters. The predicted molar refractivity (Wildman–Crippen MR) is 130 cm³/mol. The Morgan fingerprint density at radius 3 is 2.36 bits per heavy atom. The lowest BCUT2D eigenvalue weighted by atomic mass is 9.89. The summed E-state index contributed by atoms with van der Waals surface area (Å²) in [6, 6.07) is 22.8. The molecule has 0 aromatic heterocycles. The van der Waals surface area contributed by atoms with Crippen molar-refractivity contribution >= 4 is 23.2 Å². The van der Waals surface area contributed by atoms with Crippen molar-refractivity contribution in [2.75, 3.05) is 9.80 Å². The van der Waals surface area contributed by atoms with E-state index in [0.29, 0.717) is 18.5 Å². The second kappa shape index (κ2) is 9.99. The maximum atomic E-state index is 14.6. The van der Waals surface area contributed by atoms with Crippen molar-refractivity contribution in [1.82, 2.24) is 0 Å². The first kappa shape index (κ1) is 22.7. The molecule has 0 radical (unpaired) electrons. The Morgan fingerprint density at radius 2 is 1.64 bits per heavy atom. The molecule has 4 rings (SSSR count). The van der Waals surface area contributed by atoms with Gasteiger partial charge in [0, 0.05) is 23.8 Å². The molecule has 0 spiro atoms. The molecule has 0 aliphatic carbocycles. The third-order valence-electron chi connectivity index (χ3n) is 6.24. The van der Waals surface area contributed by atoms with Crippen molar-refractivity contribution in [2.45, 2.75) is 51.6 Å². The predicted octanol–water partition coefficient (Wildman–Crippen LogP) is 6.53. The van der Waals surface area contributed by atoms with E-state index in [1.165, 1.54) is 12.1 Å². The van der Waals surface area contributed by atoms with Gasteiger partial charge < -0.3 is 9.80 Å². The fraction of sp³-hybridized carbons (Fsp3) is 0.286. The van der Waals surface area contributed by atoms with E-state index in [2.05, 4.69) is 6.92 Å². The van der Waals surface area contributed by atoms with Crippen LogP contribution < -0.4 is 9.80 Å². The smallest absolute Gasteiger partial charge is 0.261 e. The van der Waals surface area contributed by atoms with Crippen LogP contribution in [0.5, 0.6) is 0 Å². The summed E-state index contributed by atoms with van der Waals surface area (Å²) < 4.78 is 14.6. The molecule has 2 amide bonds. The number of hydrogen-bond acceptors (Lipinski definition) is 2. The van der Waals surface area contributed by atoms with Crippen molar-refractivity contribution in [3.05, 3.63) is 95.8 Å². The number of para-hydroxylation sites is 2. The van der Waals surface area contributed by atoms with E-state index in [4.69, 9.17) is 0 Å². The van der Waals surface area contributed by atoms with E-state index in [0.717, 1.165) is 24.1 Å². The first-order chi connectivity index (χ1) is 16.0. The monoisotopic (exact) mass is 444 g/mol. The summed E-state index contributed by atoms with van der Waals surface area (Å²) in [6.07, 6.45) is 2.85. The summed E-state index contributed by atoms with van der Waals surface area (Å²) >= 11 is 0. The van der Waals surface area contributed by atoms with E-state index in [1.807, 2.05) is 66.4 Å². The van der Waals surface area contributed by atoms with Gasteiger partial charge in [-0.1, -0.05) is 61.9 Å². The zero-order chi connectivity index (χ0) is 23.4. The summed E-state index contributed by atoms with van der Waals surface area (Å²) in [5.74, 6) is -0.837. The summed E-state index contributed by atoms with van der Waals surface area (Å²) in [7, 11) is 0. The average Bonchev–Trinajstić information content (AvgIpc) is 2.83. The van der Waals surface area contributed by atoms with Crippen LogP contribution in [0.25, 0.3) is 0 Å². The van der Waals surface area contributed by atoms with Crippen LogP contribution >= 0.6 is 0 Å². The van der Waals surface area contributed by atoms with Crippen LogP contribution in [0.2, 0.25) is 0 Å². The standard InChI is InChI=1S/C28H29FN2O2/c1-3-4-18-27(32)30-20(2)19-26(23-15-9-11-17-25(23)30)31(21-12-6-5-7-13-21)28(33)22-14-8-10-16-24(22)29/h5-17,20,26H,3-4,18-19H2,1-2H3/t20-,26+/m0/s1. The Balaban J connectivity index is 1.81. The number of hydrogen-bond donors (Lipinski definition) is 0. The molecule has 0 saturated heterocycles. The highest BCUT2D eigenvalue weighted by atomic mass is 19.1. The van der Waals surface area contributed by atoms with Gasteiger partial charge in [0.15, 0.2) is 0 Å². The van der Waals surface area contributed by atoms with Crippen LogP contribution in [0.3, 0.4) is 0 Å². The van der Waals surface area contributed by atoms with Crippen LogP contribution in [0.15, 0.2) is 78.9 Å². The molecular formula is C28H29FN2O2. The highest BCUT2D eigenvalue weighted by molar-refractivity contribution is 6.07. The Hall–Kier alpha value is -3.47. The molecule has 170 valence electrons. The Kier molecular flexibility index (Phi) is 6.87. The van der Waals surface area contributed by atoms with E-state index in [1.54, 1.807) is 17.0 Å². The van der Waals surface area contributed by atoms with Gasteiger partial charge in [-0.3, -0.25) is 9.59 Å². The summed E-state index contributed by atoms with van der Waals surface area (Å²) in [5, 5.41) is 0. The molecule has 1 aliphatic heterocycles. The van der Waals surface area contributed by atoms with Gasteiger partial charge in [0.1, 0.15) is 5.82 Å². The minimum Gasteiger partial charge on any atom is -0.309 e. The molecule has 5 heteroatoms. The highest BCUT2D eigenvalue weighted by Gasteiger charge is 2.38. The Bertz CT molecular complexity index is 1130. The average molecular weight is 445 g/mol. The minimum absolute atomic E-state index is 0.0351. The lowest BCUT2D eigenvalue weighted by molar-refractivity contribution is -0.119. The SMILES string of the molecule is CCCCC(=O)N1c2ccccc2[C@H](N(C(=O)c2ccccc2F)c2ccccc2)C[C@@H]1C. The first-order valence-electron chi connectivity index (χ1n) is 11.6. The highest BCUT2D eigenvalue weighted by Crippen LogP contribution is 2.43. The number of fused-ring (bicyclic) bond motifs is 1. The van der Waals surface area contributed by atoms with Gasteiger partial charge in [0.05, 0.1) is 11.6 Å². The molecule has 1 aliphatic rings. The normalized spacial score (nSPS) is 17.4. The topological polar surface area (TPSA) is 40.6 Å². The van der Waals surface area contributed by atoms with Gasteiger partial charge in [0.2, 0.25) is 5.91 Å². The zero-order valence-corrected chi connectivity index (χ0v) is 19.1. The van der Waals surface area contributed by atoms with Gasteiger partial charge in [-0.15, -0.1) is 0 Å². The molecule has 3 aromatic carbocycles. The third-order valence-corrected chi connectivity index (χ3v) is 6.24. The first-order valence-corrected chi connectivity index (χ1v) is 11.6. The van der Waals surface area contributed by atoms with Crippen molar-refractivity contribution in [1.29, 1.82) is 0 Å². The second-order valence-electron chi connectivity index (χ2n) is 8.52. The fourth-order valence-corrected chi connectivity index (χ4v) is 4.65. The van der Waals surface area contributed by atoms with Crippen LogP contribution in [0, 0.1) is 5.82 Å². The van der Waals surface area contributed by atoms with E-state index < -0.39 is 11.7 Å². The molecule has 2 atom stereocenters. The number of rotatable bonds is 6. The van der Waals surface area contributed by atoms with Crippen molar-refractivity contribution in [3.63, 3.8) is 0 Å². The number of benzene rings is 3. The number of amides is 2. The Labute approximate surface area is 194 Å². The number of nitrogens with zero attached hydrogens (tertiary/aromatic N) is 2. The van der Waals surface area contributed by atoms with Crippen molar-refractivity contribution in [2.24, 2.45) is 0 Å².